The molecule has 0 bridgehead atoms. The Morgan fingerprint density at radius 3 is 2.57 bits per heavy atom. The minimum atomic E-state index is -2.87. The average Bonchev–Trinajstić information content (AvgIpc) is 3.02. The van der Waals surface area contributed by atoms with E-state index in [2.05, 4.69) is 9.64 Å². The Balaban J connectivity index is 1.73. The van der Waals surface area contributed by atoms with Crippen molar-refractivity contribution in [2.45, 2.75) is 31.6 Å². The van der Waals surface area contributed by atoms with Gasteiger partial charge in [0.25, 0.3) is 11.6 Å². The zero-order chi connectivity index (χ0) is 19.7. The van der Waals surface area contributed by atoms with Crippen molar-refractivity contribution in [1.82, 2.24) is 0 Å². The van der Waals surface area contributed by atoms with Gasteiger partial charge in [-0.2, -0.15) is 8.78 Å². The Morgan fingerprint density at radius 2 is 1.86 bits per heavy atom. The number of methoxy groups -OCH3 is 1. The molecule has 28 heavy (non-hydrogen) atoms. The number of amidine groups is 1. The van der Waals surface area contributed by atoms with E-state index in [-0.39, 0.29) is 5.75 Å². The molecule has 0 radical (unpaired) electrons. The van der Waals surface area contributed by atoms with E-state index in [4.69, 9.17) is 4.74 Å². The molecule has 4 rings (SSSR count). The van der Waals surface area contributed by atoms with E-state index in [1.54, 1.807) is 19.2 Å². The van der Waals surface area contributed by atoms with E-state index >= 15 is 0 Å². The first kappa shape index (κ1) is 18.7. The van der Waals surface area contributed by atoms with Crippen LogP contribution in [0, 0.1) is 0 Å². The van der Waals surface area contributed by atoms with Gasteiger partial charge in [0.1, 0.15) is 5.75 Å². The van der Waals surface area contributed by atoms with Crippen LogP contribution in [0.2, 0.25) is 0 Å². The highest BCUT2D eigenvalue weighted by atomic mass is 19.3. The number of rotatable bonds is 5. The summed E-state index contributed by atoms with van der Waals surface area (Å²) in [4.78, 5) is 2.10. The van der Waals surface area contributed by atoms with Crippen molar-refractivity contribution in [2.75, 3.05) is 25.1 Å². The van der Waals surface area contributed by atoms with Gasteiger partial charge in [-0.3, -0.25) is 0 Å². The third kappa shape index (κ3) is 3.20. The van der Waals surface area contributed by atoms with E-state index in [0.29, 0.717) is 12.1 Å². The largest absolute Gasteiger partial charge is 0.492 e. The summed E-state index contributed by atoms with van der Waals surface area (Å²) in [6.07, 6.45) is 2.89. The van der Waals surface area contributed by atoms with Gasteiger partial charge in [0.05, 0.1) is 13.7 Å². The van der Waals surface area contributed by atoms with Crippen LogP contribution in [0.4, 0.5) is 14.5 Å². The molecule has 0 saturated carbocycles. The summed E-state index contributed by atoms with van der Waals surface area (Å²) in [6, 6.07) is 14.0. The van der Waals surface area contributed by atoms with Crippen LogP contribution in [0.5, 0.6) is 11.5 Å². The lowest BCUT2D eigenvalue weighted by Gasteiger charge is -2.24. The van der Waals surface area contributed by atoms with Gasteiger partial charge in [-0.1, -0.05) is 12.1 Å². The second-order valence-corrected chi connectivity index (χ2v) is 7.00. The van der Waals surface area contributed by atoms with Gasteiger partial charge in [-0.15, -0.1) is 0 Å². The molecule has 0 fully saturated rings. The highest BCUT2D eigenvalue weighted by Crippen LogP contribution is 2.39. The molecule has 0 spiro atoms. The zero-order valence-corrected chi connectivity index (χ0v) is 15.6. The number of aliphatic hydroxyl groups is 1. The summed E-state index contributed by atoms with van der Waals surface area (Å²) >= 11 is 0. The highest BCUT2D eigenvalue weighted by molar-refractivity contribution is 5.97. The second-order valence-electron chi connectivity index (χ2n) is 7.00. The lowest BCUT2D eigenvalue weighted by molar-refractivity contribution is -0.661. The standard InChI is InChI=1S/C21H23F2N2O3/c1-27-18-7-3-2-6-17(18)24-14-21(26,25-13-5-4-8-19(24)25)15-9-11-16(12-10-15)28-20(22)23/h2-3,6-7,9-12,20,26H,4-5,8,13-14H2,1H3/q+1. The van der Waals surface area contributed by atoms with Gasteiger partial charge < -0.3 is 14.6 Å². The molecule has 5 nitrogen and oxygen atoms in total. The van der Waals surface area contributed by atoms with Crippen molar-refractivity contribution in [2.24, 2.45) is 0 Å². The number of para-hydroxylation sites is 2. The molecule has 0 amide bonds. The zero-order valence-electron chi connectivity index (χ0n) is 15.6. The first-order chi connectivity index (χ1) is 13.5. The predicted molar refractivity (Wildman–Crippen MR) is 101 cm³/mol. The second kappa shape index (κ2) is 7.39. The molecule has 1 atom stereocenters. The quantitative estimate of drug-likeness (QED) is 0.795. The van der Waals surface area contributed by atoms with Gasteiger partial charge in [-0.25, -0.2) is 9.48 Å². The number of halogens is 2. The Morgan fingerprint density at radius 1 is 1.11 bits per heavy atom. The van der Waals surface area contributed by atoms with Crippen molar-refractivity contribution in [1.29, 1.82) is 0 Å². The first-order valence-corrected chi connectivity index (χ1v) is 9.34. The fourth-order valence-electron chi connectivity index (χ4n) is 4.12. The third-order valence-corrected chi connectivity index (χ3v) is 5.40. The number of hydrogen-bond acceptors (Lipinski definition) is 4. The molecule has 148 valence electrons. The summed E-state index contributed by atoms with van der Waals surface area (Å²) in [5.74, 6) is 1.86. The van der Waals surface area contributed by atoms with Crippen LogP contribution >= 0.6 is 0 Å². The smallest absolute Gasteiger partial charge is 0.387 e. The molecule has 2 heterocycles. The highest BCUT2D eigenvalue weighted by Gasteiger charge is 2.53. The number of ether oxygens (including phenoxy) is 2. The molecule has 1 unspecified atom stereocenters. The van der Waals surface area contributed by atoms with Crippen LogP contribution in [0.3, 0.4) is 0 Å². The van der Waals surface area contributed by atoms with Gasteiger partial charge in [0.2, 0.25) is 0 Å². The van der Waals surface area contributed by atoms with E-state index in [1.165, 1.54) is 12.1 Å². The molecule has 2 aromatic rings. The Bertz CT molecular complexity index is 885. The summed E-state index contributed by atoms with van der Waals surface area (Å²) in [6.45, 7) is -1.81. The van der Waals surface area contributed by atoms with Gasteiger partial charge >= 0.3 is 6.61 Å². The number of β-amino-alcohol motifs (C(OH)–C–C–N with tert-alkyl or cyclic N) is 1. The van der Waals surface area contributed by atoms with Crippen LogP contribution in [0.1, 0.15) is 24.8 Å². The Labute approximate surface area is 162 Å². The summed E-state index contributed by atoms with van der Waals surface area (Å²) in [5, 5.41) is 11.7. The summed E-state index contributed by atoms with van der Waals surface area (Å²) in [5.41, 5.74) is 0.298. The van der Waals surface area contributed by atoms with Crippen LogP contribution < -0.4 is 14.4 Å². The Kier molecular flexibility index (Phi) is 4.93. The van der Waals surface area contributed by atoms with Gasteiger partial charge in [-0.05, 0) is 49.2 Å². The van der Waals surface area contributed by atoms with Gasteiger partial charge in [0.15, 0.2) is 18.0 Å². The molecule has 0 saturated heterocycles. The fraction of sp³-hybridized carbons (Fsp3) is 0.381. The molecule has 0 aliphatic carbocycles. The van der Waals surface area contributed by atoms with E-state index in [0.717, 1.165) is 43.1 Å². The number of benzene rings is 2. The van der Waals surface area contributed by atoms with E-state index in [1.807, 2.05) is 28.8 Å². The van der Waals surface area contributed by atoms with Gasteiger partial charge in [0, 0.05) is 12.0 Å². The van der Waals surface area contributed by atoms with Crippen molar-refractivity contribution in [3.8, 4) is 11.5 Å². The number of anilines is 1. The number of nitrogens with zero attached hydrogens (tertiary/aromatic N) is 2. The van der Waals surface area contributed by atoms with Crippen molar-refractivity contribution in [3.05, 3.63) is 54.1 Å². The SMILES string of the molecule is COc1ccccc1N1CC(O)(c2ccc(OC(F)F)cc2)[N+]2=C1CCCC2. The fourth-order valence-corrected chi connectivity index (χ4v) is 4.12. The maximum atomic E-state index is 12.4. The predicted octanol–water partition coefficient (Wildman–Crippen LogP) is 3.56. The topological polar surface area (TPSA) is 44.9 Å². The minimum Gasteiger partial charge on any atom is -0.492 e. The van der Waals surface area contributed by atoms with Crippen LogP contribution in [0.15, 0.2) is 48.5 Å². The maximum Gasteiger partial charge on any atom is 0.387 e. The first-order valence-electron chi connectivity index (χ1n) is 9.34. The molecule has 1 N–H and O–H groups in total. The third-order valence-electron chi connectivity index (χ3n) is 5.40. The monoisotopic (exact) mass is 389 g/mol. The van der Waals surface area contributed by atoms with Crippen molar-refractivity contribution in [3.63, 3.8) is 0 Å². The van der Waals surface area contributed by atoms with E-state index in [9.17, 15) is 13.9 Å². The molecule has 7 heteroatoms. The molecule has 0 aromatic heterocycles. The molecule has 2 aromatic carbocycles. The van der Waals surface area contributed by atoms with E-state index < -0.39 is 12.3 Å². The van der Waals surface area contributed by atoms with Crippen LogP contribution in [-0.2, 0) is 5.72 Å². The molecular formula is C21H23F2N2O3+. The molecule has 2 aliphatic rings. The van der Waals surface area contributed by atoms with Crippen molar-refractivity contribution < 1.29 is 27.9 Å². The summed E-state index contributed by atoms with van der Waals surface area (Å²) in [7, 11) is 1.63. The minimum absolute atomic E-state index is 0.0739. The maximum absolute atomic E-state index is 12.4. The lowest BCUT2D eigenvalue weighted by atomic mass is 10.0. The molecule has 2 aliphatic heterocycles. The number of alkyl halides is 2. The number of hydrogen-bond donors (Lipinski definition) is 1. The Hall–Kier alpha value is -2.67. The normalized spacial score (nSPS) is 21.8. The molecular weight excluding hydrogens is 366 g/mol. The van der Waals surface area contributed by atoms with Crippen molar-refractivity contribution >= 4 is 11.5 Å². The van der Waals surface area contributed by atoms with Crippen LogP contribution in [0.25, 0.3) is 0 Å². The van der Waals surface area contributed by atoms with Crippen LogP contribution in [-0.4, -0.2) is 42.3 Å². The average molecular weight is 389 g/mol. The summed E-state index contributed by atoms with van der Waals surface area (Å²) < 4.78 is 36.8. The lowest BCUT2D eigenvalue weighted by Crippen LogP contribution is -2.41.